The van der Waals surface area contributed by atoms with Crippen LogP contribution in [0.1, 0.15) is 50.8 Å². The summed E-state index contributed by atoms with van der Waals surface area (Å²) >= 11 is 0. The van der Waals surface area contributed by atoms with E-state index >= 15 is 0 Å². The molecule has 0 atom stereocenters. The molecule has 1 fully saturated rings. The van der Waals surface area contributed by atoms with Crippen molar-refractivity contribution >= 4 is 5.82 Å². The normalized spacial score (nSPS) is 17.8. The number of aryl methyl sites for hydroxylation is 1. The van der Waals surface area contributed by atoms with Gasteiger partial charge in [-0.1, -0.05) is 26.8 Å². The van der Waals surface area contributed by atoms with Crippen molar-refractivity contribution in [3.8, 4) is 0 Å². The third-order valence-corrected chi connectivity index (χ3v) is 3.75. The van der Waals surface area contributed by atoms with E-state index in [0.717, 1.165) is 24.7 Å². The predicted octanol–water partition coefficient (Wildman–Crippen LogP) is 3.75. The van der Waals surface area contributed by atoms with Gasteiger partial charge in [-0.25, -0.2) is 4.98 Å². The Bertz CT molecular complexity index is 377. The Morgan fingerprint density at radius 2 is 1.88 bits per heavy atom. The second kappa shape index (κ2) is 5.07. The Hall–Kier alpha value is -1.05. The van der Waals surface area contributed by atoms with E-state index < -0.39 is 0 Å². The molecule has 0 unspecified atom stereocenters. The van der Waals surface area contributed by atoms with Crippen molar-refractivity contribution in [3.63, 3.8) is 0 Å². The van der Waals surface area contributed by atoms with Gasteiger partial charge < -0.3 is 4.90 Å². The molecule has 94 valence electrons. The Balaban J connectivity index is 2.26. The first kappa shape index (κ1) is 12.4. The van der Waals surface area contributed by atoms with Crippen LogP contribution >= 0.6 is 0 Å². The number of anilines is 1. The summed E-state index contributed by atoms with van der Waals surface area (Å²) in [4.78, 5) is 7.24. The summed E-state index contributed by atoms with van der Waals surface area (Å²) in [6, 6.07) is 4.38. The number of nitrogens with zero attached hydrogens (tertiary/aromatic N) is 2. The fourth-order valence-corrected chi connectivity index (χ4v) is 2.48. The minimum atomic E-state index is 0.553. The molecule has 1 aromatic heterocycles. The van der Waals surface area contributed by atoms with Gasteiger partial charge in [-0.15, -0.1) is 0 Å². The van der Waals surface area contributed by atoms with Gasteiger partial charge in [0, 0.05) is 18.8 Å². The van der Waals surface area contributed by atoms with E-state index in [1.54, 1.807) is 0 Å². The molecule has 0 N–H and O–H groups in total. The van der Waals surface area contributed by atoms with E-state index in [0.29, 0.717) is 5.92 Å². The highest BCUT2D eigenvalue weighted by Crippen LogP contribution is 2.29. The van der Waals surface area contributed by atoms with Crippen LogP contribution in [0.2, 0.25) is 0 Å². The Labute approximate surface area is 105 Å². The van der Waals surface area contributed by atoms with Crippen LogP contribution in [0, 0.1) is 12.8 Å². The molecule has 1 aliphatic rings. The van der Waals surface area contributed by atoms with Gasteiger partial charge in [-0.3, -0.25) is 0 Å². The Morgan fingerprint density at radius 3 is 2.47 bits per heavy atom. The average molecular weight is 232 g/mol. The second-order valence-electron chi connectivity index (χ2n) is 5.69. The fourth-order valence-electron chi connectivity index (χ4n) is 2.48. The van der Waals surface area contributed by atoms with Crippen molar-refractivity contribution in [2.45, 2.75) is 46.5 Å². The van der Waals surface area contributed by atoms with Gasteiger partial charge in [0.05, 0.1) is 0 Å². The number of rotatable bonds is 2. The van der Waals surface area contributed by atoms with Gasteiger partial charge in [0.15, 0.2) is 0 Å². The van der Waals surface area contributed by atoms with Crippen LogP contribution in [0.5, 0.6) is 0 Å². The van der Waals surface area contributed by atoms with Crippen molar-refractivity contribution in [1.82, 2.24) is 4.98 Å². The lowest BCUT2D eigenvalue weighted by molar-refractivity contribution is 0.435. The van der Waals surface area contributed by atoms with E-state index in [-0.39, 0.29) is 0 Å². The maximum atomic E-state index is 4.77. The lowest BCUT2D eigenvalue weighted by atomic mass is 9.97. The lowest BCUT2D eigenvalue weighted by Crippen LogP contribution is -2.34. The summed E-state index contributed by atoms with van der Waals surface area (Å²) in [7, 11) is 0. The third-order valence-electron chi connectivity index (χ3n) is 3.75. The maximum absolute atomic E-state index is 4.77. The van der Waals surface area contributed by atoms with Crippen molar-refractivity contribution in [1.29, 1.82) is 0 Å². The number of pyridine rings is 1. The molecule has 1 saturated heterocycles. The van der Waals surface area contributed by atoms with Crippen LogP contribution in [0.3, 0.4) is 0 Å². The molecule has 2 heterocycles. The largest absolute Gasteiger partial charge is 0.356 e. The minimum absolute atomic E-state index is 0.553. The van der Waals surface area contributed by atoms with E-state index in [4.69, 9.17) is 4.98 Å². The smallest absolute Gasteiger partial charge is 0.132 e. The van der Waals surface area contributed by atoms with Crippen LogP contribution in [-0.4, -0.2) is 18.1 Å². The molecule has 2 nitrogen and oxygen atoms in total. The minimum Gasteiger partial charge on any atom is -0.356 e. The molecule has 0 aliphatic carbocycles. The SMILES string of the molecule is Cc1ccc(C(C)C)c(N2CCC(C)CC2)n1. The summed E-state index contributed by atoms with van der Waals surface area (Å²) < 4.78 is 0. The standard InChI is InChI=1S/C15H24N2/c1-11(2)14-6-5-13(4)16-15(14)17-9-7-12(3)8-10-17/h5-6,11-12H,7-10H2,1-4H3. The molecule has 1 aromatic rings. The maximum Gasteiger partial charge on any atom is 0.132 e. The number of aromatic nitrogens is 1. The van der Waals surface area contributed by atoms with Gasteiger partial charge >= 0.3 is 0 Å². The monoisotopic (exact) mass is 232 g/mol. The molecule has 2 rings (SSSR count). The first-order chi connectivity index (χ1) is 8.08. The van der Waals surface area contributed by atoms with E-state index in [9.17, 15) is 0 Å². The zero-order chi connectivity index (χ0) is 12.4. The Kier molecular flexibility index (Phi) is 3.70. The molecule has 0 aromatic carbocycles. The van der Waals surface area contributed by atoms with Crippen LogP contribution in [0.4, 0.5) is 5.82 Å². The summed E-state index contributed by atoms with van der Waals surface area (Å²) in [6.45, 7) is 11.3. The zero-order valence-corrected chi connectivity index (χ0v) is 11.5. The first-order valence-electron chi connectivity index (χ1n) is 6.80. The summed E-state index contributed by atoms with van der Waals surface area (Å²) in [6.07, 6.45) is 2.60. The summed E-state index contributed by atoms with van der Waals surface area (Å²) in [5.74, 6) is 2.66. The fraction of sp³-hybridized carbons (Fsp3) is 0.667. The quantitative estimate of drug-likeness (QED) is 0.772. The topological polar surface area (TPSA) is 16.1 Å². The van der Waals surface area contributed by atoms with Gasteiger partial charge in [-0.2, -0.15) is 0 Å². The summed E-state index contributed by atoms with van der Waals surface area (Å²) in [5, 5.41) is 0. The van der Waals surface area contributed by atoms with Crippen molar-refractivity contribution in [2.75, 3.05) is 18.0 Å². The molecular formula is C15H24N2. The highest BCUT2D eigenvalue weighted by atomic mass is 15.2. The Morgan fingerprint density at radius 1 is 1.24 bits per heavy atom. The van der Waals surface area contributed by atoms with Crippen LogP contribution in [0.25, 0.3) is 0 Å². The molecule has 0 saturated carbocycles. The predicted molar refractivity (Wildman–Crippen MR) is 73.7 cm³/mol. The van der Waals surface area contributed by atoms with Crippen molar-refractivity contribution in [3.05, 3.63) is 23.4 Å². The second-order valence-corrected chi connectivity index (χ2v) is 5.69. The molecule has 0 amide bonds. The third kappa shape index (κ3) is 2.80. The van der Waals surface area contributed by atoms with Gasteiger partial charge in [0.1, 0.15) is 5.82 Å². The molecule has 2 heteroatoms. The first-order valence-corrected chi connectivity index (χ1v) is 6.80. The van der Waals surface area contributed by atoms with E-state index in [1.165, 1.54) is 24.2 Å². The van der Waals surface area contributed by atoms with Gasteiger partial charge in [-0.05, 0) is 43.2 Å². The molecule has 0 bridgehead atoms. The molecule has 1 aliphatic heterocycles. The molecular weight excluding hydrogens is 208 g/mol. The number of hydrogen-bond donors (Lipinski definition) is 0. The van der Waals surface area contributed by atoms with Crippen molar-refractivity contribution in [2.24, 2.45) is 5.92 Å². The van der Waals surface area contributed by atoms with Crippen LogP contribution in [-0.2, 0) is 0 Å². The molecule has 0 radical (unpaired) electrons. The lowest BCUT2D eigenvalue weighted by Gasteiger charge is -2.33. The molecule has 17 heavy (non-hydrogen) atoms. The van der Waals surface area contributed by atoms with Crippen molar-refractivity contribution < 1.29 is 0 Å². The van der Waals surface area contributed by atoms with Crippen LogP contribution in [0.15, 0.2) is 12.1 Å². The molecule has 0 spiro atoms. The average Bonchev–Trinajstić information content (AvgIpc) is 2.29. The zero-order valence-electron chi connectivity index (χ0n) is 11.5. The van der Waals surface area contributed by atoms with E-state index in [2.05, 4.69) is 44.7 Å². The highest BCUT2D eigenvalue weighted by molar-refractivity contribution is 5.49. The highest BCUT2D eigenvalue weighted by Gasteiger charge is 2.20. The number of hydrogen-bond acceptors (Lipinski definition) is 2. The van der Waals surface area contributed by atoms with E-state index in [1.807, 2.05) is 0 Å². The summed E-state index contributed by atoms with van der Waals surface area (Å²) in [5.41, 5.74) is 2.52. The van der Waals surface area contributed by atoms with Crippen LogP contribution < -0.4 is 4.90 Å². The van der Waals surface area contributed by atoms with Gasteiger partial charge in [0.2, 0.25) is 0 Å². The number of piperidine rings is 1. The van der Waals surface area contributed by atoms with Gasteiger partial charge in [0.25, 0.3) is 0 Å².